The molecule has 4 amide bonds. The van der Waals surface area contributed by atoms with Gasteiger partial charge >= 0.3 is 6.09 Å². The van der Waals surface area contributed by atoms with E-state index in [1.807, 2.05) is 30.3 Å². The molecule has 0 radical (unpaired) electrons. The zero-order valence-electron chi connectivity index (χ0n) is 24.1. The number of benzene rings is 2. The molecule has 2 aromatic carbocycles. The van der Waals surface area contributed by atoms with E-state index in [1.165, 1.54) is 17.3 Å². The normalized spacial score (nSPS) is 19.6. The molecule has 228 valence electrons. The molecule has 3 N–H and O–H groups in total. The lowest BCUT2D eigenvalue weighted by Crippen LogP contribution is -2.52. The Morgan fingerprint density at radius 3 is 2.47 bits per heavy atom. The average Bonchev–Trinajstić information content (AvgIpc) is 3.37. The van der Waals surface area contributed by atoms with Crippen molar-refractivity contribution in [1.82, 2.24) is 15.2 Å². The van der Waals surface area contributed by atoms with E-state index >= 15 is 0 Å². The molecule has 1 aliphatic carbocycles. The summed E-state index contributed by atoms with van der Waals surface area (Å²) in [6.07, 6.45) is 3.05. The van der Waals surface area contributed by atoms with Gasteiger partial charge in [-0.1, -0.05) is 42.5 Å². The molecule has 1 saturated carbocycles. The quantitative estimate of drug-likeness (QED) is 0.207. The van der Waals surface area contributed by atoms with Crippen LogP contribution < -0.4 is 16.0 Å². The van der Waals surface area contributed by atoms with Crippen LogP contribution in [0.5, 0.6) is 0 Å². The van der Waals surface area contributed by atoms with Gasteiger partial charge in [-0.25, -0.2) is 9.78 Å². The summed E-state index contributed by atoms with van der Waals surface area (Å²) in [4.78, 5) is 80.5. The van der Waals surface area contributed by atoms with Crippen molar-refractivity contribution >= 4 is 46.9 Å². The van der Waals surface area contributed by atoms with E-state index < -0.39 is 18.0 Å². The van der Waals surface area contributed by atoms with Crippen molar-refractivity contribution in [3.05, 3.63) is 101 Å². The van der Waals surface area contributed by atoms with Gasteiger partial charge in [0.2, 0.25) is 11.8 Å². The average molecular weight is 608 g/mol. The van der Waals surface area contributed by atoms with Crippen LogP contribution in [0.15, 0.2) is 78.6 Å². The van der Waals surface area contributed by atoms with Crippen LogP contribution in [-0.2, 0) is 37.1 Å². The zero-order valence-corrected chi connectivity index (χ0v) is 24.1. The molecule has 0 spiro atoms. The monoisotopic (exact) mass is 607 g/mol. The minimum atomic E-state index is -0.765. The van der Waals surface area contributed by atoms with Crippen LogP contribution in [0.1, 0.15) is 58.6 Å². The summed E-state index contributed by atoms with van der Waals surface area (Å²) in [5.74, 6) is -1.39. The SMILES string of the molecule is O=C1CCC(N2Cc3c(NC(=O)OCc4ccc(NC=C5C(=O)CC(c6ccccc6)CC5=O)nc4)cccc3C2=O)C(=O)N1. The zero-order chi connectivity index (χ0) is 31.5. The standard InChI is InChI=1S/C33H29N5O7/c39-27-13-21(20-5-2-1-3-6-20)14-28(40)23(27)16-35-29-11-9-19(15-34-29)18-45-33(44)36-25-8-4-7-22-24(25)17-38(32(22)43)26-10-12-30(41)37-31(26)42/h1-9,11,15-16,21,26H,10,12-14,17-18H2,(H,34,35)(H,36,44)(H,37,41,42). The molecule has 2 fully saturated rings. The summed E-state index contributed by atoms with van der Waals surface area (Å²) in [5, 5.41) is 7.84. The van der Waals surface area contributed by atoms with Gasteiger partial charge in [0.25, 0.3) is 5.91 Å². The van der Waals surface area contributed by atoms with Gasteiger partial charge in [-0.15, -0.1) is 0 Å². The van der Waals surface area contributed by atoms with Crippen LogP contribution in [0.2, 0.25) is 0 Å². The number of piperidine rings is 1. The number of allylic oxidation sites excluding steroid dienone is 1. The number of rotatable bonds is 7. The highest BCUT2D eigenvalue weighted by Gasteiger charge is 2.40. The number of amides is 4. The van der Waals surface area contributed by atoms with Gasteiger partial charge < -0.3 is 15.0 Å². The van der Waals surface area contributed by atoms with E-state index in [1.54, 1.807) is 30.3 Å². The van der Waals surface area contributed by atoms with E-state index in [4.69, 9.17) is 4.74 Å². The van der Waals surface area contributed by atoms with Gasteiger partial charge in [-0.05, 0) is 36.1 Å². The lowest BCUT2D eigenvalue weighted by molar-refractivity contribution is -0.137. The molecule has 0 bridgehead atoms. The number of fused-ring (bicyclic) bond motifs is 1. The first-order valence-corrected chi connectivity index (χ1v) is 14.5. The Balaban J connectivity index is 1.01. The lowest BCUT2D eigenvalue weighted by atomic mass is 9.80. The van der Waals surface area contributed by atoms with Crippen molar-refractivity contribution in [1.29, 1.82) is 0 Å². The highest BCUT2D eigenvalue weighted by Crippen LogP contribution is 2.33. The number of aromatic nitrogens is 1. The summed E-state index contributed by atoms with van der Waals surface area (Å²) in [7, 11) is 0. The van der Waals surface area contributed by atoms with E-state index in [9.17, 15) is 28.8 Å². The second-order valence-corrected chi connectivity index (χ2v) is 11.0. The number of ether oxygens (including phenoxy) is 1. The molecular weight excluding hydrogens is 578 g/mol. The molecule has 1 aromatic heterocycles. The fraction of sp³-hybridized carbons (Fsp3) is 0.242. The minimum absolute atomic E-state index is 0.0889. The number of nitrogens with zero attached hydrogens (tertiary/aromatic N) is 2. The summed E-state index contributed by atoms with van der Waals surface area (Å²) >= 11 is 0. The molecule has 1 saturated heterocycles. The van der Waals surface area contributed by atoms with Crippen LogP contribution in [0.3, 0.4) is 0 Å². The molecule has 12 heteroatoms. The van der Waals surface area contributed by atoms with Crippen molar-refractivity contribution in [2.75, 3.05) is 10.6 Å². The molecule has 3 aromatic rings. The van der Waals surface area contributed by atoms with E-state index in [2.05, 4.69) is 20.9 Å². The third-order valence-electron chi connectivity index (χ3n) is 8.11. The van der Waals surface area contributed by atoms with E-state index in [-0.39, 0.29) is 73.7 Å². The number of imide groups is 1. The number of anilines is 2. The predicted molar refractivity (Wildman–Crippen MR) is 161 cm³/mol. The van der Waals surface area contributed by atoms with Gasteiger partial charge in [0.1, 0.15) is 18.5 Å². The Morgan fingerprint density at radius 1 is 0.978 bits per heavy atom. The highest BCUT2D eigenvalue weighted by atomic mass is 16.5. The molecule has 1 unspecified atom stereocenters. The highest BCUT2D eigenvalue weighted by molar-refractivity contribution is 6.22. The maximum atomic E-state index is 13.0. The number of ketones is 2. The Hall–Kier alpha value is -5.65. The van der Waals surface area contributed by atoms with E-state index in [0.29, 0.717) is 28.2 Å². The van der Waals surface area contributed by atoms with Crippen LogP contribution in [-0.4, -0.2) is 51.3 Å². The van der Waals surface area contributed by atoms with Crippen LogP contribution in [0, 0.1) is 0 Å². The number of Topliss-reactive ketones (excluding diaryl/α,β-unsaturated/α-hetero) is 2. The smallest absolute Gasteiger partial charge is 0.411 e. The molecule has 45 heavy (non-hydrogen) atoms. The summed E-state index contributed by atoms with van der Waals surface area (Å²) < 4.78 is 5.35. The van der Waals surface area contributed by atoms with Crippen LogP contribution in [0.4, 0.5) is 16.3 Å². The molecule has 6 rings (SSSR count). The first-order valence-electron chi connectivity index (χ1n) is 14.5. The summed E-state index contributed by atoms with van der Waals surface area (Å²) in [6, 6.07) is 17.0. The minimum Gasteiger partial charge on any atom is -0.444 e. The topological polar surface area (TPSA) is 164 Å². The summed E-state index contributed by atoms with van der Waals surface area (Å²) in [5.41, 5.74) is 2.99. The van der Waals surface area contributed by atoms with Gasteiger partial charge in [-0.3, -0.25) is 34.6 Å². The third kappa shape index (κ3) is 6.35. The second-order valence-electron chi connectivity index (χ2n) is 11.0. The number of carbonyl (C=O) groups excluding carboxylic acids is 6. The number of pyridine rings is 1. The Kier molecular flexibility index (Phi) is 8.19. The predicted octanol–water partition coefficient (Wildman–Crippen LogP) is 3.60. The largest absolute Gasteiger partial charge is 0.444 e. The molecule has 12 nitrogen and oxygen atoms in total. The number of nitrogens with one attached hydrogen (secondary N) is 3. The molecule has 3 heterocycles. The first-order chi connectivity index (χ1) is 21.8. The number of carbonyl (C=O) groups is 6. The number of hydrogen-bond donors (Lipinski definition) is 3. The van der Waals surface area contributed by atoms with Crippen LogP contribution in [0.25, 0.3) is 0 Å². The van der Waals surface area contributed by atoms with Crippen molar-refractivity contribution in [3.8, 4) is 0 Å². The first kappa shape index (κ1) is 29.4. The molecule has 2 aliphatic heterocycles. The Bertz CT molecular complexity index is 1720. The van der Waals surface area contributed by atoms with Gasteiger partial charge in [-0.2, -0.15) is 0 Å². The van der Waals surface area contributed by atoms with Crippen molar-refractivity contribution in [2.45, 2.75) is 50.8 Å². The molecular formula is C33H29N5O7. The molecule has 3 aliphatic rings. The van der Waals surface area contributed by atoms with Crippen molar-refractivity contribution in [2.24, 2.45) is 0 Å². The third-order valence-corrected chi connectivity index (χ3v) is 8.11. The lowest BCUT2D eigenvalue weighted by Gasteiger charge is -2.29. The van der Waals surface area contributed by atoms with E-state index in [0.717, 1.165) is 5.56 Å². The summed E-state index contributed by atoms with van der Waals surface area (Å²) in [6.45, 7) is 0.0185. The molecule has 1 atom stereocenters. The van der Waals surface area contributed by atoms with Gasteiger partial charge in [0.15, 0.2) is 11.6 Å². The van der Waals surface area contributed by atoms with Crippen molar-refractivity contribution in [3.63, 3.8) is 0 Å². The maximum absolute atomic E-state index is 13.0. The maximum Gasteiger partial charge on any atom is 0.411 e. The Morgan fingerprint density at radius 2 is 1.76 bits per heavy atom. The van der Waals surface area contributed by atoms with Gasteiger partial charge in [0, 0.05) is 60.6 Å². The van der Waals surface area contributed by atoms with Crippen molar-refractivity contribution < 1.29 is 33.5 Å². The van der Waals surface area contributed by atoms with Gasteiger partial charge in [0.05, 0.1) is 5.57 Å². The number of hydrogen-bond acceptors (Lipinski definition) is 9. The fourth-order valence-corrected chi connectivity index (χ4v) is 5.76. The fourth-order valence-electron chi connectivity index (χ4n) is 5.76. The Labute approximate surface area is 257 Å². The van der Waals surface area contributed by atoms with Crippen LogP contribution >= 0.6 is 0 Å². The second kappa shape index (κ2) is 12.5.